The first-order valence-electron chi connectivity index (χ1n) is 3.74. The van der Waals surface area contributed by atoms with Crippen LogP contribution in [0.2, 0.25) is 0 Å². The summed E-state index contributed by atoms with van der Waals surface area (Å²) in [6.07, 6.45) is 1.54. The van der Waals surface area contributed by atoms with E-state index in [4.69, 9.17) is 10.8 Å². The topological polar surface area (TPSA) is 62.0 Å². The zero-order chi connectivity index (χ0) is 8.43. The molecule has 1 aromatic heterocycles. The summed E-state index contributed by atoms with van der Waals surface area (Å²) in [4.78, 5) is 2.91. The van der Waals surface area contributed by atoms with Crippen LogP contribution in [0.25, 0.3) is 0 Å². The average Bonchev–Trinajstić information content (AvgIpc) is 2.34. The van der Waals surface area contributed by atoms with Crippen LogP contribution >= 0.6 is 0 Å². The molecule has 1 heterocycles. The van der Waals surface area contributed by atoms with Crippen molar-refractivity contribution in [1.82, 2.24) is 4.98 Å². The Morgan fingerprint density at radius 2 is 2.18 bits per heavy atom. The smallest absolute Gasteiger partial charge is 0.133 e. The van der Waals surface area contributed by atoms with Gasteiger partial charge in [0.25, 0.3) is 0 Å². The van der Waals surface area contributed by atoms with Crippen LogP contribution in [0.15, 0.2) is 12.3 Å². The second-order valence-electron chi connectivity index (χ2n) is 3.08. The van der Waals surface area contributed by atoms with E-state index >= 15 is 0 Å². The standard InChI is InChI=1S/C8H14N2O/c1-5(2)8(9)7-3-6(11)4-10-7/h3-5,8,10-11H,9H2,1-2H3/t8-/m0/s1. The van der Waals surface area contributed by atoms with Gasteiger partial charge >= 0.3 is 0 Å². The van der Waals surface area contributed by atoms with E-state index in [2.05, 4.69) is 4.98 Å². The second kappa shape index (κ2) is 2.96. The van der Waals surface area contributed by atoms with Crippen LogP contribution in [0.4, 0.5) is 0 Å². The molecule has 0 aromatic carbocycles. The molecule has 3 nitrogen and oxygen atoms in total. The van der Waals surface area contributed by atoms with E-state index in [9.17, 15) is 0 Å². The molecule has 0 aliphatic rings. The van der Waals surface area contributed by atoms with E-state index in [0.717, 1.165) is 5.69 Å². The van der Waals surface area contributed by atoms with E-state index < -0.39 is 0 Å². The van der Waals surface area contributed by atoms with Crippen LogP contribution in [-0.2, 0) is 0 Å². The fraction of sp³-hybridized carbons (Fsp3) is 0.500. The fourth-order valence-corrected chi connectivity index (χ4v) is 0.951. The Morgan fingerprint density at radius 3 is 2.55 bits per heavy atom. The number of rotatable bonds is 2. The Labute approximate surface area is 66.2 Å². The molecule has 0 bridgehead atoms. The van der Waals surface area contributed by atoms with Gasteiger partial charge in [0, 0.05) is 24.0 Å². The maximum atomic E-state index is 9.00. The van der Waals surface area contributed by atoms with E-state index in [1.54, 1.807) is 6.07 Å². The summed E-state index contributed by atoms with van der Waals surface area (Å²) in [5, 5.41) is 9.00. The van der Waals surface area contributed by atoms with Gasteiger partial charge in [-0.2, -0.15) is 0 Å². The Balaban J connectivity index is 2.76. The zero-order valence-electron chi connectivity index (χ0n) is 6.83. The van der Waals surface area contributed by atoms with Gasteiger partial charge in [0.1, 0.15) is 5.75 Å². The predicted molar refractivity (Wildman–Crippen MR) is 44.2 cm³/mol. The van der Waals surface area contributed by atoms with Crippen LogP contribution in [0, 0.1) is 5.92 Å². The van der Waals surface area contributed by atoms with Crippen LogP contribution < -0.4 is 5.73 Å². The van der Waals surface area contributed by atoms with Crippen molar-refractivity contribution < 1.29 is 5.11 Å². The van der Waals surface area contributed by atoms with Gasteiger partial charge in [-0.1, -0.05) is 13.8 Å². The molecular formula is C8H14N2O. The molecule has 0 amide bonds. The van der Waals surface area contributed by atoms with Gasteiger partial charge < -0.3 is 15.8 Å². The average molecular weight is 154 g/mol. The molecule has 1 aromatic rings. The lowest BCUT2D eigenvalue weighted by Gasteiger charge is -2.12. The van der Waals surface area contributed by atoms with E-state index in [-0.39, 0.29) is 11.8 Å². The number of hydrogen-bond donors (Lipinski definition) is 3. The first kappa shape index (κ1) is 8.14. The van der Waals surface area contributed by atoms with Gasteiger partial charge in [-0.3, -0.25) is 0 Å². The Morgan fingerprint density at radius 1 is 1.55 bits per heavy atom. The minimum absolute atomic E-state index is 0.0177. The van der Waals surface area contributed by atoms with E-state index in [0.29, 0.717) is 5.92 Å². The quantitative estimate of drug-likeness (QED) is 0.602. The lowest BCUT2D eigenvalue weighted by atomic mass is 10.0. The van der Waals surface area contributed by atoms with Crippen molar-refractivity contribution in [3.63, 3.8) is 0 Å². The monoisotopic (exact) mass is 154 g/mol. The minimum atomic E-state index is -0.0177. The van der Waals surface area contributed by atoms with Crippen molar-refractivity contribution in [3.05, 3.63) is 18.0 Å². The summed E-state index contributed by atoms with van der Waals surface area (Å²) in [5.41, 5.74) is 6.70. The lowest BCUT2D eigenvalue weighted by Crippen LogP contribution is -2.16. The molecule has 62 valence electrons. The fourth-order valence-electron chi connectivity index (χ4n) is 0.951. The maximum absolute atomic E-state index is 9.00. The van der Waals surface area contributed by atoms with Gasteiger partial charge in [0.15, 0.2) is 0 Å². The summed E-state index contributed by atoms with van der Waals surface area (Å²) in [5.74, 6) is 0.629. The molecule has 1 atom stereocenters. The zero-order valence-corrected chi connectivity index (χ0v) is 6.83. The van der Waals surface area contributed by atoms with Gasteiger partial charge in [0.2, 0.25) is 0 Å². The number of aromatic amines is 1. The Bertz CT molecular complexity index is 230. The summed E-state index contributed by atoms with van der Waals surface area (Å²) >= 11 is 0. The van der Waals surface area contributed by atoms with Crippen molar-refractivity contribution in [3.8, 4) is 5.75 Å². The summed E-state index contributed by atoms with van der Waals surface area (Å²) in [6.45, 7) is 4.09. The molecule has 4 N–H and O–H groups in total. The number of nitrogens with two attached hydrogens (primary N) is 1. The number of hydrogen-bond acceptors (Lipinski definition) is 2. The first-order valence-corrected chi connectivity index (χ1v) is 3.74. The van der Waals surface area contributed by atoms with Gasteiger partial charge in [0.05, 0.1) is 0 Å². The number of aromatic nitrogens is 1. The van der Waals surface area contributed by atoms with Crippen LogP contribution in [0.1, 0.15) is 25.6 Å². The Kier molecular flexibility index (Phi) is 2.19. The van der Waals surface area contributed by atoms with Crippen LogP contribution in [-0.4, -0.2) is 10.1 Å². The van der Waals surface area contributed by atoms with Crippen molar-refractivity contribution >= 4 is 0 Å². The van der Waals surface area contributed by atoms with Gasteiger partial charge in [-0.25, -0.2) is 0 Å². The molecule has 11 heavy (non-hydrogen) atoms. The maximum Gasteiger partial charge on any atom is 0.133 e. The molecule has 0 aliphatic carbocycles. The molecule has 3 heteroatoms. The van der Waals surface area contributed by atoms with Crippen LogP contribution in [0.5, 0.6) is 5.75 Å². The summed E-state index contributed by atoms with van der Waals surface area (Å²) in [6, 6.07) is 1.64. The van der Waals surface area contributed by atoms with Crippen molar-refractivity contribution in [2.24, 2.45) is 11.7 Å². The predicted octanol–water partition coefficient (Wildman–Crippen LogP) is 1.38. The second-order valence-corrected chi connectivity index (χ2v) is 3.08. The van der Waals surface area contributed by atoms with Crippen molar-refractivity contribution in [2.75, 3.05) is 0 Å². The van der Waals surface area contributed by atoms with Gasteiger partial charge in [-0.05, 0) is 5.92 Å². The van der Waals surface area contributed by atoms with E-state index in [1.807, 2.05) is 13.8 Å². The highest BCUT2D eigenvalue weighted by molar-refractivity contribution is 5.23. The lowest BCUT2D eigenvalue weighted by molar-refractivity contribution is 0.474. The van der Waals surface area contributed by atoms with Gasteiger partial charge in [-0.15, -0.1) is 0 Å². The summed E-state index contributed by atoms with van der Waals surface area (Å²) in [7, 11) is 0. The molecule has 0 aliphatic heterocycles. The summed E-state index contributed by atoms with van der Waals surface area (Å²) < 4.78 is 0. The highest BCUT2D eigenvalue weighted by atomic mass is 16.3. The number of aromatic hydroxyl groups is 1. The first-order chi connectivity index (χ1) is 5.11. The van der Waals surface area contributed by atoms with E-state index in [1.165, 1.54) is 6.20 Å². The molecule has 1 rings (SSSR count). The minimum Gasteiger partial charge on any atom is -0.506 e. The highest BCUT2D eigenvalue weighted by Crippen LogP contribution is 2.20. The number of H-pyrrole nitrogens is 1. The molecule has 0 saturated heterocycles. The highest BCUT2D eigenvalue weighted by Gasteiger charge is 2.11. The molecule has 0 unspecified atom stereocenters. The number of nitrogens with one attached hydrogen (secondary N) is 1. The van der Waals surface area contributed by atoms with Crippen LogP contribution in [0.3, 0.4) is 0 Å². The largest absolute Gasteiger partial charge is 0.506 e. The molecule has 0 saturated carbocycles. The Hall–Kier alpha value is -0.960. The molecular weight excluding hydrogens is 140 g/mol. The van der Waals surface area contributed by atoms with Crippen molar-refractivity contribution in [2.45, 2.75) is 19.9 Å². The molecule has 0 fully saturated rings. The molecule has 0 spiro atoms. The van der Waals surface area contributed by atoms with Crippen molar-refractivity contribution in [1.29, 1.82) is 0 Å². The SMILES string of the molecule is CC(C)[C@H](N)c1cc(O)c[nH]1. The third kappa shape index (κ3) is 1.74. The third-order valence-corrected chi connectivity index (χ3v) is 1.77. The third-order valence-electron chi connectivity index (χ3n) is 1.77. The molecule has 0 radical (unpaired) electrons. The normalized spacial score (nSPS) is 13.8.